The van der Waals surface area contributed by atoms with Gasteiger partial charge in [0.2, 0.25) is 0 Å². The second-order valence-electron chi connectivity index (χ2n) is 6.12. The molecular formula is C17H25N3O3. The van der Waals surface area contributed by atoms with Crippen LogP contribution in [0.25, 0.3) is 11.1 Å². The number of hydrogen-bond donors (Lipinski definition) is 2. The van der Waals surface area contributed by atoms with Crippen LogP contribution in [0.1, 0.15) is 54.9 Å². The molecule has 0 saturated carbocycles. The fourth-order valence-electron chi connectivity index (χ4n) is 2.94. The van der Waals surface area contributed by atoms with Crippen molar-refractivity contribution < 1.29 is 14.4 Å². The number of pyridine rings is 1. The predicted molar refractivity (Wildman–Crippen MR) is 88.3 cm³/mol. The molecule has 0 fully saturated rings. The predicted octanol–water partition coefficient (Wildman–Crippen LogP) is 2.76. The molecule has 0 bridgehead atoms. The summed E-state index contributed by atoms with van der Waals surface area (Å²) in [4.78, 5) is 16.9. The molecule has 0 saturated heterocycles. The summed E-state index contributed by atoms with van der Waals surface area (Å²) in [5.41, 5.74) is 2.23. The standard InChI is InChI=1S/C17H25N3O3/c1-5-17(6-2,7-8-21)10-18-15(22)13-9-11(3)19-16-14(13)12(4)20-23-16/h9,21H,5-8,10H2,1-4H3,(H,18,22). The van der Waals surface area contributed by atoms with Gasteiger partial charge in [0.25, 0.3) is 11.6 Å². The van der Waals surface area contributed by atoms with Gasteiger partial charge < -0.3 is 14.9 Å². The van der Waals surface area contributed by atoms with Crippen molar-refractivity contribution >= 4 is 17.0 Å². The number of nitrogens with zero attached hydrogens (tertiary/aromatic N) is 2. The van der Waals surface area contributed by atoms with Crippen LogP contribution in [0.15, 0.2) is 10.6 Å². The number of carbonyl (C=O) groups excluding carboxylic acids is 1. The summed E-state index contributed by atoms with van der Waals surface area (Å²) in [7, 11) is 0. The first kappa shape index (κ1) is 17.4. The highest BCUT2D eigenvalue weighted by molar-refractivity contribution is 6.06. The lowest BCUT2D eigenvalue weighted by Gasteiger charge is -2.31. The number of carbonyl (C=O) groups is 1. The maximum Gasteiger partial charge on any atom is 0.258 e. The molecule has 126 valence electrons. The summed E-state index contributed by atoms with van der Waals surface area (Å²) in [5, 5.41) is 16.9. The molecule has 0 aromatic carbocycles. The minimum absolute atomic E-state index is 0.0741. The monoisotopic (exact) mass is 319 g/mol. The summed E-state index contributed by atoms with van der Waals surface area (Å²) < 4.78 is 5.17. The quantitative estimate of drug-likeness (QED) is 0.819. The number of nitrogens with one attached hydrogen (secondary N) is 1. The Morgan fingerprint density at radius 3 is 2.65 bits per heavy atom. The van der Waals surface area contributed by atoms with E-state index in [1.54, 1.807) is 13.0 Å². The highest BCUT2D eigenvalue weighted by Crippen LogP contribution is 2.30. The normalized spacial score (nSPS) is 11.9. The minimum Gasteiger partial charge on any atom is -0.396 e. The van der Waals surface area contributed by atoms with Gasteiger partial charge in [-0.15, -0.1) is 0 Å². The van der Waals surface area contributed by atoms with E-state index in [2.05, 4.69) is 29.3 Å². The van der Waals surface area contributed by atoms with Crippen LogP contribution in [0.5, 0.6) is 0 Å². The van der Waals surface area contributed by atoms with Gasteiger partial charge in [-0.1, -0.05) is 19.0 Å². The summed E-state index contributed by atoms with van der Waals surface area (Å²) in [6.45, 7) is 8.46. The molecule has 0 unspecified atom stereocenters. The fraction of sp³-hybridized carbons (Fsp3) is 0.588. The zero-order valence-corrected chi connectivity index (χ0v) is 14.3. The number of aliphatic hydroxyl groups excluding tert-OH is 1. The number of hydrogen-bond acceptors (Lipinski definition) is 5. The van der Waals surface area contributed by atoms with Gasteiger partial charge >= 0.3 is 0 Å². The van der Waals surface area contributed by atoms with Crippen molar-refractivity contribution in [3.8, 4) is 0 Å². The molecule has 0 aliphatic heterocycles. The molecule has 1 amide bonds. The van der Waals surface area contributed by atoms with Gasteiger partial charge in [0, 0.05) is 18.8 Å². The average Bonchev–Trinajstić information content (AvgIpc) is 2.91. The Morgan fingerprint density at radius 2 is 2.04 bits per heavy atom. The molecule has 0 atom stereocenters. The third kappa shape index (κ3) is 3.52. The van der Waals surface area contributed by atoms with Crippen molar-refractivity contribution in [3.05, 3.63) is 23.0 Å². The Hall–Kier alpha value is -1.95. The van der Waals surface area contributed by atoms with Gasteiger partial charge in [0.1, 0.15) is 0 Å². The topological polar surface area (TPSA) is 88.2 Å². The van der Waals surface area contributed by atoms with Crippen LogP contribution in [0.3, 0.4) is 0 Å². The minimum atomic E-state index is -0.156. The molecule has 0 radical (unpaired) electrons. The number of amides is 1. The molecule has 2 heterocycles. The van der Waals surface area contributed by atoms with Crippen LogP contribution >= 0.6 is 0 Å². The first-order valence-electron chi connectivity index (χ1n) is 8.09. The smallest absolute Gasteiger partial charge is 0.258 e. The summed E-state index contributed by atoms with van der Waals surface area (Å²) in [5.74, 6) is -0.156. The lowest BCUT2D eigenvalue weighted by atomic mass is 9.79. The molecular weight excluding hydrogens is 294 g/mol. The van der Waals surface area contributed by atoms with E-state index >= 15 is 0 Å². The van der Waals surface area contributed by atoms with Crippen molar-refractivity contribution in [2.45, 2.75) is 47.0 Å². The Balaban J connectivity index is 2.26. The number of fused-ring (bicyclic) bond motifs is 1. The van der Waals surface area contributed by atoms with Crippen molar-refractivity contribution in [1.29, 1.82) is 0 Å². The molecule has 0 aliphatic rings. The highest BCUT2D eigenvalue weighted by atomic mass is 16.5. The first-order valence-corrected chi connectivity index (χ1v) is 8.09. The maximum absolute atomic E-state index is 12.7. The Kier molecular flexibility index (Phi) is 5.36. The molecule has 2 aromatic heterocycles. The molecule has 0 spiro atoms. The van der Waals surface area contributed by atoms with E-state index in [1.165, 1.54) is 0 Å². The molecule has 0 aliphatic carbocycles. The third-order valence-electron chi connectivity index (χ3n) is 4.76. The van der Waals surface area contributed by atoms with Gasteiger partial charge in [0.05, 0.1) is 16.6 Å². The van der Waals surface area contributed by atoms with Gasteiger partial charge in [0.15, 0.2) is 0 Å². The van der Waals surface area contributed by atoms with E-state index < -0.39 is 0 Å². The maximum atomic E-state index is 12.7. The molecule has 23 heavy (non-hydrogen) atoms. The number of aromatic nitrogens is 2. The van der Waals surface area contributed by atoms with Crippen LogP contribution in [0.4, 0.5) is 0 Å². The van der Waals surface area contributed by atoms with Gasteiger partial charge in [-0.25, -0.2) is 4.98 Å². The third-order valence-corrected chi connectivity index (χ3v) is 4.76. The molecule has 6 nitrogen and oxygen atoms in total. The van der Waals surface area contributed by atoms with Crippen molar-refractivity contribution in [3.63, 3.8) is 0 Å². The van der Waals surface area contributed by atoms with Crippen LogP contribution in [-0.4, -0.2) is 34.3 Å². The lowest BCUT2D eigenvalue weighted by Crippen LogP contribution is -2.37. The zero-order valence-electron chi connectivity index (χ0n) is 14.3. The van der Waals surface area contributed by atoms with Crippen LogP contribution in [0.2, 0.25) is 0 Å². The van der Waals surface area contributed by atoms with E-state index in [4.69, 9.17) is 4.52 Å². The SMILES string of the molecule is CCC(CC)(CCO)CNC(=O)c1cc(C)nc2onc(C)c12. The van der Waals surface area contributed by atoms with Crippen molar-refractivity contribution in [1.82, 2.24) is 15.5 Å². The van der Waals surface area contributed by atoms with Crippen LogP contribution in [-0.2, 0) is 0 Å². The number of aryl methyl sites for hydroxylation is 2. The van der Waals surface area contributed by atoms with Gasteiger partial charge in [-0.05, 0) is 44.6 Å². The second kappa shape index (κ2) is 7.08. The Bertz CT molecular complexity index is 690. The number of rotatable bonds is 7. The molecule has 6 heteroatoms. The zero-order chi connectivity index (χ0) is 17.0. The lowest BCUT2D eigenvalue weighted by molar-refractivity contribution is 0.0908. The van der Waals surface area contributed by atoms with E-state index in [0.717, 1.165) is 12.8 Å². The Labute approximate surface area is 136 Å². The molecule has 2 aromatic rings. The van der Waals surface area contributed by atoms with Crippen molar-refractivity contribution in [2.24, 2.45) is 5.41 Å². The van der Waals surface area contributed by atoms with Crippen LogP contribution < -0.4 is 5.32 Å². The van der Waals surface area contributed by atoms with E-state index in [9.17, 15) is 9.90 Å². The van der Waals surface area contributed by atoms with E-state index in [1.807, 2.05) is 6.92 Å². The average molecular weight is 319 g/mol. The summed E-state index contributed by atoms with van der Waals surface area (Å²) >= 11 is 0. The first-order chi connectivity index (χ1) is 11.0. The van der Waals surface area contributed by atoms with E-state index in [0.29, 0.717) is 41.0 Å². The van der Waals surface area contributed by atoms with Crippen LogP contribution in [0, 0.1) is 19.3 Å². The molecule has 2 rings (SSSR count). The summed E-state index contributed by atoms with van der Waals surface area (Å²) in [6.07, 6.45) is 2.49. The Morgan fingerprint density at radius 1 is 1.35 bits per heavy atom. The molecule has 2 N–H and O–H groups in total. The summed E-state index contributed by atoms with van der Waals surface area (Å²) in [6, 6.07) is 1.76. The van der Waals surface area contributed by atoms with Crippen molar-refractivity contribution in [2.75, 3.05) is 13.2 Å². The van der Waals surface area contributed by atoms with Gasteiger partial charge in [-0.3, -0.25) is 4.79 Å². The van der Waals surface area contributed by atoms with E-state index in [-0.39, 0.29) is 17.9 Å². The highest BCUT2D eigenvalue weighted by Gasteiger charge is 2.27. The second-order valence-corrected chi connectivity index (χ2v) is 6.12. The number of aliphatic hydroxyl groups is 1. The van der Waals surface area contributed by atoms with Gasteiger partial charge in [-0.2, -0.15) is 0 Å². The fourth-order valence-corrected chi connectivity index (χ4v) is 2.94. The largest absolute Gasteiger partial charge is 0.396 e.